The Kier molecular flexibility index (Phi) is 3.49. The Balaban J connectivity index is 3.42. The first-order valence-corrected chi connectivity index (χ1v) is 6.28. The molecule has 0 aromatic heterocycles. The van der Waals surface area contributed by atoms with Crippen LogP contribution in [0.2, 0.25) is 0 Å². The summed E-state index contributed by atoms with van der Waals surface area (Å²) < 4.78 is 23.5. The summed E-state index contributed by atoms with van der Waals surface area (Å²) in [6.45, 7) is 4.71. The molecule has 1 aromatic carbocycles. The monoisotopic (exact) mass is 239 g/mol. The summed E-state index contributed by atoms with van der Waals surface area (Å²) in [7, 11) is -3.49. The van der Waals surface area contributed by atoms with E-state index in [2.05, 4.69) is 6.58 Å². The Labute approximate surface area is 94.7 Å². The molecule has 86 valence electrons. The molecule has 1 aromatic rings. The van der Waals surface area contributed by atoms with Crippen LogP contribution >= 0.6 is 0 Å². The van der Waals surface area contributed by atoms with E-state index in [9.17, 15) is 13.2 Å². The number of anilines is 1. The quantitative estimate of drug-likeness (QED) is 0.490. The standard InChI is InChI=1S/C11H13NO3S/c1-3-7-16(14,15)10-6-4-5-9(8(2)13)11(10)12/h3-6H,1,7,12H2,2H3. The minimum Gasteiger partial charge on any atom is -0.397 e. The van der Waals surface area contributed by atoms with Gasteiger partial charge in [0, 0.05) is 5.56 Å². The van der Waals surface area contributed by atoms with Crippen LogP contribution in [0.25, 0.3) is 0 Å². The van der Waals surface area contributed by atoms with Crippen molar-refractivity contribution in [3.05, 3.63) is 36.4 Å². The Morgan fingerprint density at radius 2 is 2.12 bits per heavy atom. The Morgan fingerprint density at radius 3 is 2.62 bits per heavy atom. The predicted molar refractivity (Wildman–Crippen MR) is 63.1 cm³/mol. The number of hydrogen-bond donors (Lipinski definition) is 1. The van der Waals surface area contributed by atoms with Crippen molar-refractivity contribution in [2.24, 2.45) is 0 Å². The van der Waals surface area contributed by atoms with Crippen LogP contribution < -0.4 is 5.73 Å². The van der Waals surface area contributed by atoms with E-state index in [0.717, 1.165) is 0 Å². The second-order valence-electron chi connectivity index (χ2n) is 3.34. The van der Waals surface area contributed by atoms with E-state index in [0.29, 0.717) is 0 Å². The molecule has 2 N–H and O–H groups in total. The number of Topliss-reactive ketones (excluding diaryl/α,β-unsaturated/α-hetero) is 1. The number of nitrogen functional groups attached to an aromatic ring is 1. The van der Waals surface area contributed by atoms with Gasteiger partial charge in [-0.1, -0.05) is 12.1 Å². The van der Waals surface area contributed by atoms with E-state index in [4.69, 9.17) is 5.73 Å². The van der Waals surface area contributed by atoms with Crippen molar-refractivity contribution in [3.8, 4) is 0 Å². The zero-order valence-electron chi connectivity index (χ0n) is 8.93. The lowest BCUT2D eigenvalue weighted by molar-refractivity contribution is 0.101. The van der Waals surface area contributed by atoms with Crippen LogP contribution in [0.5, 0.6) is 0 Å². The molecule has 0 bridgehead atoms. The number of benzene rings is 1. The van der Waals surface area contributed by atoms with Gasteiger partial charge in [0.1, 0.15) is 0 Å². The van der Waals surface area contributed by atoms with Gasteiger partial charge in [0.05, 0.1) is 16.3 Å². The van der Waals surface area contributed by atoms with Crippen LogP contribution in [0, 0.1) is 0 Å². The van der Waals surface area contributed by atoms with Gasteiger partial charge in [-0.05, 0) is 19.1 Å². The average Bonchev–Trinajstić information content (AvgIpc) is 2.17. The molecule has 0 saturated carbocycles. The fourth-order valence-corrected chi connectivity index (χ4v) is 2.59. The van der Waals surface area contributed by atoms with Crippen LogP contribution in [0.4, 0.5) is 5.69 Å². The van der Waals surface area contributed by atoms with Gasteiger partial charge < -0.3 is 5.73 Å². The average molecular weight is 239 g/mol. The highest BCUT2D eigenvalue weighted by Gasteiger charge is 2.18. The summed E-state index contributed by atoms with van der Waals surface area (Å²) >= 11 is 0. The zero-order chi connectivity index (χ0) is 12.3. The van der Waals surface area contributed by atoms with Gasteiger partial charge in [0.25, 0.3) is 0 Å². The fraction of sp³-hybridized carbons (Fsp3) is 0.182. The summed E-state index contributed by atoms with van der Waals surface area (Å²) in [5.74, 6) is -0.452. The number of nitrogens with two attached hydrogens (primary N) is 1. The highest BCUT2D eigenvalue weighted by atomic mass is 32.2. The number of ketones is 1. The lowest BCUT2D eigenvalue weighted by Crippen LogP contribution is -2.10. The number of carbonyl (C=O) groups is 1. The summed E-state index contributed by atoms with van der Waals surface area (Å²) in [5.41, 5.74) is 5.90. The fourth-order valence-electron chi connectivity index (χ4n) is 1.37. The maximum atomic E-state index is 11.8. The smallest absolute Gasteiger partial charge is 0.183 e. The molecule has 0 aliphatic carbocycles. The third kappa shape index (κ3) is 2.30. The normalized spacial score (nSPS) is 11.1. The molecule has 0 fully saturated rings. The van der Waals surface area contributed by atoms with Gasteiger partial charge in [-0.25, -0.2) is 8.42 Å². The Morgan fingerprint density at radius 1 is 1.50 bits per heavy atom. The molecule has 0 amide bonds. The second-order valence-corrected chi connectivity index (χ2v) is 5.35. The van der Waals surface area contributed by atoms with E-state index in [1.165, 1.54) is 31.2 Å². The topological polar surface area (TPSA) is 77.2 Å². The molecule has 0 atom stereocenters. The molecule has 0 heterocycles. The summed E-state index contributed by atoms with van der Waals surface area (Å²) in [6, 6.07) is 4.40. The summed E-state index contributed by atoms with van der Waals surface area (Å²) in [5, 5.41) is 0. The first-order chi connectivity index (χ1) is 7.40. The Hall–Kier alpha value is -1.62. The van der Waals surface area contributed by atoms with Gasteiger partial charge in [-0.3, -0.25) is 4.79 Å². The second kappa shape index (κ2) is 4.49. The van der Waals surface area contributed by atoms with E-state index in [1.54, 1.807) is 0 Å². The third-order valence-electron chi connectivity index (χ3n) is 2.12. The molecule has 0 radical (unpaired) electrons. The van der Waals surface area contributed by atoms with E-state index in [1.807, 2.05) is 0 Å². The third-order valence-corrected chi connectivity index (χ3v) is 3.82. The molecule has 16 heavy (non-hydrogen) atoms. The van der Waals surface area contributed by atoms with E-state index < -0.39 is 9.84 Å². The number of carbonyl (C=O) groups excluding carboxylic acids is 1. The first-order valence-electron chi connectivity index (χ1n) is 4.63. The summed E-state index contributed by atoms with van der Waals surface area (Å²) in [4.78, 5) is 11.2. The van der Waals surface area contributed by atoms with Gasteiger partial charge >= 0.3 is 0 Å². The Bertz CT molecular complexity index is 532. The lowest BCUT2D eigenvalue weighted by atomic mass is 10.1. The van der Waals surface area contributed by atoms with Gasteiger partial charge in [0.2, 0.25) is 0 Å². The minimum atomic E-state index is -3.49. The number of hydrogen-bond acceptors (Lipinski definition) is 4. The first kappa shape index (κ1) is 12.4. The maximum absolute atomic E-state index is 11.8. The van der Waals surface area contributed by atoms with Gasteiger partial charge in [0.15, 0.2) is 15.6 Å². The lowest BCUT2D eigenvalue weighted by Gasteiger charge is -2.08. The molecule has 4 nitrogen and oxygen atoms in total. The molecule has 0 aliphatic heterocycles. The molecule has 0 unspecified atom stereocenters. The zero-order valence-corrected chi connectivity index (χ0v) is 9.75. The van der Waals surface area contributed by atoms with E-state index >= 15 is 0 Å². The van der Waals surface area contributed by atoms with Crippen molar-refractivity contribution in [3.63, 3.8) is 0 Å². The summed E-state index contributed by atoms with van der Waals surface area (Å²) in [6.07, 6.45) is 1.29. The molecular formula is C11H13NO3S. The van der Waals surface area contributed by atoms with Gasteiger partial charge in [-0.15, -0.1) is 6.58 Å². The molecule has 5 heteroatoms. The van der Waals surface area contributed by atoms with Crippen molar-refractivity contribution in [1.29, 1.82) is 0 Å². The number of rotatable bonds is 4. The largest absolute Gasteiger partial charge is 0.397 e. The van der Waals surface area contributed by atoms with Crippen molar-refractivity contribution >= 4 is 21.3 Å². The van der Waals surface area contributed by atoms with Crippen LogP contribution in [-0.2, 0) is 9.84 Å². The van der Waals surface area contributed by atoms with Crippen LogP contribution in [0.3, 0.4) is 0 Å². The predicted octanol–water partition coefficient (Wildman–Crippen LogP) is 1.43. The highest BCUT2D eigenvalue weighted by Crippen LogP contribution is 2.23. The van der Waals surface area contributed by atoms with E-state index in [-0.39, 0.29) is 27.7 Å². The van der Waals surface area contributed by atoms with Gasteiger partial charge in [-0.2, -0.15) is 0 Å². The number of sulfone groups is 1. The molecule has 0 aliphatic rings. The SMILES string of the molecule is C=CCS(=O)(=O)c1cccc(C(C)=O)c1N. The molecule has 1 rings (SSSR count). The molecule has 0 spiro atoms. The van der Waals surface area contributed by atoms with Crippen LogP contribution in [-0.4, -0.2) is 20.0 Å². The van der Waals surface area contributed by atoms with Crippen molar-refractivity contribution in [2.45, 2.75) is 11.8 Å². The van der Waals surface area contributed by atoms with Crippen molar-refractivity contribution in [2.75, 3.05) is 11.5 Å². The van der Waals surface area contributed by atoms with Crippen LogP contribution in [0.1, 0.15) is 17.3 Å². The van der Waals surface area contributed by atoms with Crippen LogP contribution in [0.15, 0.2) is 35.7 Å². The minimum absolute atomic E-state index is 0.0110. The molecular weight excluding hydrogens is 226 g/mol. The maximum Gasteiger partial charge on any atom is 0.183 e. The van der Waals surface area contributed by atoms with Crippen molar-refractivity contribution in [1.82, 2.24) is 0 Å². The van der Waals surface area contributed by atoms with Crippen molar-refractivity contribution < 1.29 is 13.2 Å². The molecule has 0 saturated heterocycles. The number of para-hydroxylation sites is 1. The highest BCUT2D eigenvalue weighted by molar-refractivity contribution is 7.91.